The normalized spacial score (nSPS) is 17.0. The summed E-state index contributed by atoms with van der Waals surface area (Å²) in [6.45, 7) is 2.44. The van der Waals surface area contributed by atoms with Gasteiger partial charge in [-0.1, -0.05) is 18.2 Å². The standard InChI is InChI=1S/C17H25NO4/c19-14-17(8-11-21-12-9-17)13-18-16(20)7-4-10-22-15-5-2-1-3-6-15/h1-3,5-6,19H,4,7-14H2,(H,18,20). The summed E-state index contributed by atoms with van der Waals surface area (Å²) < 4.78 is 10.9. The number of hydrogen-bond acceptors (Lipinski definition) is 4. The van der Waals surface area contributed by atoms with Gasteiger partial charge in [0.2, 0.25) is 5.91 Å². The number of aliphatic hydroxyl groups excluding tert-OH is 1. The first-order valence-electron chi connectivity index (χ1n) is 7.87. The maximum absolute atomic E-state index is 11.9. The van der Waals surface area contributed by atoms with Gasteiger partial charge in [0, 0.05) is 31.6 Å². The highest BCUT2D eigenvalue weighted by Crippen LogP contribution is 2.28. The van der Waals surface area contributed by atoms with Crippen LogP contribution in [0.2, 0.25) is 0 Å². The first-order chi connectivity index (χ1) is 10.7. The van der Waals surface area contributed by atoms with Crippen LogP contribution in [0.5, 0.6) is 5.75 Å². The Bertz CT molecular complexity index is 443. The summed E-state index contributed by atoms with van der Waals surface area (Å²) in [6, 6.07) is 9.58. The van der Waals surface area contributed by atoms with Crippen molar-refractivity contribution in [2.45, 2.75) is 25.7 Å². The summed E-state index contributed by atoms with van der Waals surface area (Å²) in [5.74, 6) is 0.834. The molecule has 2 rings (SSSR count). The van der Waals surface area contributed by atoms with Gasteiger partial charge in [-0.25, -0.2) is 0 Å². The van der Waals surface area contributed by atoms with Crippen molar-refractivity contribution < 1.29 is 19.4 Å². The molecule has 1 amide bonds. The van der Waals surface area contributed by atoms with Crippen molar-refractivity contribution in [3.8, 4) is 5.75 Å². The lowest BCUT2D eigenvalue weighted by Crippen LogP contribution is -2.43. The van der Waals surface area contributed by atoms with E-state index in [0.29, 0.717) is 39.2 Å². The molecule has 0 aromatic heterocycles. The van der Waals surface area contributed by atoms with Gasteiger partial charge in [-0.15, -0.1) is 0 Å². The van der Waals surface area contributed by atoms with E-state index in [1.54, 1.807) is 0 Å². The van der Waals surface area contributed by atoms with Crippen LogP contribution in [-0.2, 0) is 9.53 Å². The average molecular weight is 307 g/mol. The minimum atomic E-state index is -0.214. The Morgan fingerprint density at radius 2 is 2.00 bits per heavy atom. The lowest BCUT2D eigenvalue weighted by atomic mass is 9.81. The number of hydrogen-bond donors (Lipinski definition) is 2. The zero-order chi connectivity index (χ0) is 15.7. The van der Waals surface area contributed by atoms with Gasteiger partial charge in [0.15, 0.2) is 0 Å². The molecule has 1 saturated heterocycles. The Morgan fingerprint density at radius 3 is 2.68 bits per heavy atom. The zero-order valence-corrected chi connectivity index (χ0v) is 12.9. The van der Waals surface area contributed by atoms with E-state index >= 15 is 0 Å². The number of carbonyl (C=O) groups is 1. The monoisotopic (exact) mass is 307 g/mol. The lowest BCUT2D eigenvalue weighted by molar-refractivity contribution is -0.122. The number of para-hydroxylation sites is 1. The predicted molar refractivity (Wildman–Crippen MR) is 83.8 cm³/mol. The SMILES string of the molecule is O=C(CCCOc1ccccc1)NCC1(CO)CCOCC1. The Balaban J connectivity index is 1.61. The van der Waals surface area contributed by atoms with Crippen molar-refractivity contribution in [3.05, 3.63) is 30.3 Å². The van der Waals surface area contributed by atoms with Gasteiger partial charge in [0.25, 0.3) is 0 Å². The molecule has 1 fully saturated rings. The number of rotatable bonds is 8. The molecule has 122 valence electrons. The molecule has 0 unspecified atom stereocenters. The van der Waals surface area contributed by atoms with Crippen LogP contribution >= 0.6 is 0 Å². The molecule has 2 N–H and O–H groups in total. The van der Waals surface area contributed by atoms with Gasteiger partial charge in [-0.05, 0) is 31.4 Å². The van der Waals surface area contributed by atoms with Gasteiger partial charge < -0.3 is 19.9 Å². The van der Waals surface area contributed by atoms with E-state index in [-0.39, 0.29) is 17.9 Å². The summed E-state index contributed by atoms with van der Waals surface area (Å²) in [5, 5.41) is 12.5. The average Bonchev–Trinajstić information content (AvgIpc) is 2.59. The van der Waals surface area contributed by atoms with Crippen molar-refractivity contribution in [3.63, 3.8) is 0 Å². The van der Waals surface area contributed by atoms with Crippen LogP contribution in [0, 0.1) is 5.41 Å². The Labute approximate surface area is 131 Å². The summed E-state index contributed by atoms with van der Waals surface area (Å²) in [5.41, 5.74) is -0.214. The number of benzene rings is 1. The Hall–Kier alpha value is -1.59. The first-order valence-corrected chi connectivity index (χ1v) is 7.87. The second kappa shape index (κ2) is 8.76. The van der Waals surface area contributed by atoms with Crippen molar-refractivity contribution in [2.75, 3.05) is 33.0 Å². The topological polar surface area (TPSA) is 67.8 Å². The third-order valence-electron chi connectivity index (χ3n) is 4.11. The molecule has 0 saturated carbocycles. The second-order valence-corrected chi connectivity index (χ2v) is 5.81. The third-order valence-corrected chi connectivity index (χ3v) is 4.11. The molecule has 1 aromatic rings. The van der Waals surface area contributed by atoms with Crippen molar-refractivity contribution in [1.29, 1.82) is 0 Å². The van der Waals surface area contributed by atoms with Gasteiger partial charge in [0.05, 0.1) is 13.2 Å². The van der Waals surface area contributed by atoms with Gasteiger partial charge in [-0.2, -0.15) is 0 Å². The Morgan fingerprint density at radius 1 is 1.27 bits per heavy atom. The van der Waals surface area contributed by atoms with Crippen LogP contribution in [-0.4, -0.2) is 44.0 Å². The van der Waals surface area contributed by atoms with Gasteiger partial charge >= 0.3 is 0 Å². The molecular formula is C17H25NO4. The van der Waals surface area contributed by atoms with E-state index in [1.165, 1.54) is 0 Å². The number of aliphatic hydroxyl groups is 1. The molecule has 1 aromatic carbocycles. The predicted octanol–water partition coefficient (Wildman–Crippen LogP) is 1.75. The van der Waals surface area contributed by atoms with Crippen molar-refractivity contribution in [2.24, 2.45) is 5.41 Å². The third kappa shape index (κ3) is 5.31. The number of ether oxygens (including phenoxy) is 2. The van der Waals surface area contributed by atoms with E-state index in [4.69, 9.17) is 9.47 Å². The molecule has 5 nitrogen and oxygen atoms in total. The maximum atomic E-state index is 11.9. The molecular weight excluding hydrogens is 282 g/mol. The first kappa shape index (κ1) is 16.8. The van der Waals surface area contributed by atoms with Crippen LogP contribution in [0.15, 0.2) is 30.3 Å². The van der Waals surface area contributed by atoms with E-state index in [9.17, 15) is 9.90 Å². The lowest BCUT2D eigenvalue weighted by Gasteiger charge is -2.35. The molecule has 0 radical (unpaired) electrons. The summed E-state index contributed by atoms with van der Waals surface area (Å²) in [7, 11) is 0. The van der Waals surface area contributed by atoms with Gasteiger partial charge in [0.1, 0.15) is 5.75 Å². The molecule has 0 bridgehead atoms. The molecule has 22 heavy (non-hydrogen) atoms. The minimum Gasteiger partial charge on any atom is -0.494 e. The molecule has 0 spiro atoms. The fraction of sp³-hybridized carbons (Fsp3) is 0.588. The number of carbonyl (C=O) groups excluding carboxylic acids is 1. The molecule has 0 aliphatic carbocycles. The van der Waals surface area contributed by atoms with Gasteiger partial charge in [-0.3, -0.25) is 4.79 Å². The fourth-order valence-corrected chi connectivity index (χ4v) is 2.51. The van der Waals surface area contributed by atoms with Crippen LogP contribution in [0.1, 0.15) is 25.7 Å². The van der Waals surface area contributed by atoms with Crippen LogP contribution in [0.4, 0.5) is 0 Å². The highest BCUT2D eigenvalue weighted by Gasteiger charge is 2.32. The second-order valence-electron chi connectivity index (χ2n) is 5.81. The maximum Gasteiger partial charge on any atom is 0.220 e. The number of amides is 1. The summed E-state index contributed by atoms with van der Waals surface area (Å²) >= 11 is 0. The van der Waals surface area contributed by atoms with Crippen molar-refractivity contribution in [1.82, 2.24) is 5.32 Å². The summed E-state index contributed by atoms with van der Waals surface area (Å²) in [4.78, 5) is 11.9. The molecule has 5 heteroatoms. The van der Waals surface area contributed by atoms with E-state index in [0.717, 1.165) is 18.6 Å². The molecule has 1 heterocycles. The van der Waals surface area contributed by atoms with E-state index in [1.807, 2.05) is 30.3 Å². The van der Waals surface area contributed by atoms with E-state index in [2.05, 4.69) is 5.32 Å². The van der Waals surface area contributed by atoms with Crippen LogP contribution in [0.3, 0.4) is 0 Å². The summed E-state index contributed by atoms with van der Waals surface area (Å²) in [6.07, 6.45) is 2.70. The largest absolute Gasteiger partial charge is 0.494 e. The quantitative estimate of drug-likeness (QED) is 0.718. The highest BCUT2D eigenvalue weighted by molar-refractivity contribution is 5.75. The molecule has 0 atom stereocenters. The minimum absolute atomic E-state index is 0.0102. The van der Waals surface area contributed by atoms with Crippen LogP contribution < -0.4 is 10.1 Å². The number of nitrogens with one attached hydrogen (secondary N) is 1. The molecule has 1 aliphatic heterocycles. The van der Waals surface area contributed by atoms with Crippen LogP contribution in [0.25, 0.3) is 0 Å². The van der Waals surface area contributed by atoms with E-state index < -0.39 is 0 Å². The molecule has 1 aliphatic rings. The van der Waals surface area contributed by atoms with Crippen molar-refractivity contribution >= 4 is 5.91 Å². The Kier molecular flexibility index (Phi) is 6.68. The fourth-order valence-electron chi connectivity index (χ4n) is 2.51. The zero-order valence-electron chi connectivity index (χ0n) is 12.9. The highest BCUT2D eigenvalue weighted by atomic mass is 16.5. The smallest absolute Gasteiger partial charge is 0.220 e.